The van der Waals surface area contributed by atoms with E-state index in [1.165, 1.54) is 19.3 Å². The van der Waals surface area contributed by atoms with Gasteiger partial charge in [0.05, 0.1) is 12.0 Å². The summed E-state index contributed by atoms with van der Waals surface area (Å²) in [6, 6.07) is 7.08. The number of hydrogen-bond donors (Lipinski definition) is 2. The lowest BCUT2D eigenvalue weighted by Crippen LogP contribution is -2.99. The number of nitrogens with one attached hydrogen (secondary N) is 1. The number of fused-ring (bicyclic) bond motifs is 2. The lowest BCUT2D eigenvalue weighted by Gasteiger charge is -2.49. The molecule has 2 unspecified atom stereocenters. The molecular formula is C25H35N3O5. The lowest BCUT2D eigenvalue weighted by atomic mass is 9.53. The number of quaternary nitrogens is 1. The minimum absolute atomic E-state index is 0.00691. The summed E-state index contributed by atoms with van der Waals surface area (Å²) in [4.78, 5) is 17.7. The average molecular weight is 458 g/mol. The monoisotopic (exact) mass is 457 g/mol. The fourth-order valence-corrected chi connectivity index (χ4v) is 7.72. The first-order valence-electron chi connectivity index (χ1n) is 12.5. The van der Waals surface area contributed by atoms with E-state index in [2.05, 4.69) is 23.6 Å². The van der Waals surface area contributed by atoms with Gasteiger partial charge in [0, 0.05) is 61.9 Å². The van der Waals surface area contributed by atoms with E-state index in [4.69, 9.17) is 14.7 Å². The topological polar surface area (TPSA) is 93.0 Å². The lowest BCUT2D eigenvalue weighted by molar-refractivity contribution is -0.991. The van der Waals surface area contributed by atoms with Crippen molar-refractivity contribution in [3.8, 4) is 0 Å². The molecule has 0 bridgehead atoms. The molecule has 8 nitrogen and oxygen atoms in total. The number of benzene rings is 1. The van der Waals surface area contributed by atoms with E-state index in [1.807, 2.05) is 12.1 Å². The summed E-state index contributed by atoms with van der Waals surface area (Å²) in [7, 11) is 0. The molecule has 2 aliphatic carbocycles. The third kappa shape index (κ3) is 3.26. The Bertz CT molecular complexity index is 917. The van der Waals surface area contributed by atoms with E-state index in [0.29, 0.717) is 11.6 Å². The molecule has 1 aromatic rings. The second-order valence-electron chi connectivity index (χ2n) is 11.2. The number of hydrogen-bond acceptors (Lipinski definition) is 7. The van der Waals surface area contributed by atoms with Gasteiger partial charge in [0.2, 0.25) is 0 Å². The fourth-order valence-electron chi connectivity index (χ4n) is 7.72. The van der Waals surface area contributed by atoms with Crippen molar-refractivity contribution >= 4 is 17.3 Å². The number of esters is 1. The van der Waals surface area contributed by atoms with Crippen LogP contribution in [0, 0.1) is 28.4 Å². The molecule has 2 saturated carbocycles. The molecule has 8 atom stereocenters. The summed E-state index contributed by atoms with van der Waals surface area (Å²) >= 11 is 0. The Labute approximate surface area is 195 Å². The molecule has 8 heteroatoms. The molecule has 1 spiro atoms. The van der Waals surface area contributed by atoms with E-state index in [0.717, 1.165) is 44.8 Å². The van der Waals surface area contributed by atoms with Gasteiger partial charge in [-0.2, -0.15) is 5.23 Å². The van der Waals surface area contributed by atoms with Gasteiger partial charge < -0.3 is 19.6 Å². The summed E-state index contributed by atoms with van der Waals surface area (Å²) in [5, 5.41) is 19.3. The summed E-state index contributed by atoms with van der Waals surface area (Å²) in [6.07, 6.45) is 4.76. The third-order valence-corrected chi connectivity index (χ3v) is 9.50. The molecule has 3 saturated heterocycles. The van der Waals surface area contributed by atoms with Crippen molar-refractivity contribution in [1.29, 1.82) is 0 Å². The first kappa shape index (κ1) is 21.8. The van der Waals surface area contributed by atoms with Crippen LogP contribution in [0.15, 0.2) is 24.3 Å². The van der Waals surface area contributed by atoms with Crippen molar-refractivity contribution in [2.24, 2.45) is 23.2 Å². The third-order valence-electron chi connectivity index (χ3n) is 9.50. The Kier molecular flexibility index (Phi) is 5.05. The van der Waals surface area contributed by atoms with Crippen molar-refractivity contribution in [3.05, 3.63) is 29.5 Å². The number of piperazine rings is 1. The Balaban J connectivity index is 1.11. The van der Waals surface area contributed by atoms with Crippen LogP contribution in [0.25, 0.3) is 0 Å². The highest BCUT2D eigenvalue weighted by atomic mass is 16.8. The summed E-state index contributed by atoms with van der Waals surface area (Å²) in [5.41, 5.74) is 1.45. The van der Waals surface area contributed by atoms with Gasteiger partial charge in [-0.05, 0) is 37.3 Å². The van der Waals surface area contributed by atoms with Crippen molar-refractivity contribution in [2.75, 3.05) is 37.6 Å². The summed E-state index contributed by atoms with van der Waals surface area (Å²) in [5.74, 6) is 0.610. The molecule has 1 aromatic carbocycles. The maximum absolute atomic E-state index is 13.0. The van der Waals surface area contributed by atoms with E-state index in [9.17, 15) is 10.0 Å². The molecule has 6 rings (SSSR count). The van der Waals surface area contributed by atoms with Gasteiger partial charge in [-0.15, -0.1) is 0 Å². The highest BCUT2D eigenvalue weighted by molar-refractivity contribution is 5.76. The predicted octanol–water partition coefficient (Wildman–Crippen LogP) is 1.74. The van der Waals surface area contributed by atoms with E-state index < -0.39 is 5.23 Å². The van der Waals surface area contributed by atoms with E-state index in [-0.39, 0.29) is 41.0 Å². The molecular weight excluding hydrogens is 422 g/mol. The van der Waals surface area contributed by atoms with Crippen LogP contribution in [0.4, 0.5) is 11.4 Å². The minimum Gasteiger partial charge on any atom is -0.595 e. The second-order valence-corrected chi connectivity index (χ2v) is 11.2. The van der Waals surface area contributed by atoms with Gasteiger partial charge in [-0.25, -0.2) is 5.21 Å². The normalized spacial score (nSPS) is 43.3. The molecule has 3 aliphatic heterocycles. The smallest absolute Gasteiger partial charge is 0.311 e. The van der Waals surface area contributed by atoms with Crippen LogP contribution in [-0.4, -0.2) is 66.6 Å². The fraction of sp³-hybridized carbons (Fsp3) is 0.720. The van der Waals surface area contributed by atoms with Gasteiger partial charge >= 0.3 is 5.97 Å². The van der Waals surface area contributed by atoms with Gasteiger partial charge in [-0.1, -0.05) is 20.3 Å². The van der Waals surface area contributed by atoms with Gasteiger partial charge in [0.25, 0.3) is 0 Å². The van der Waals surface area contributed by atoms with Crippen molar-refractivity contribution in [3.63, 3.8) is 0 Å². The van der Waals surface area contributed by atoms with Crippen LogP contribution in [0.1, 0.15) is 39.5 Å². The Morgan fingerprint density at radius 2 is 1.94 bits per heavy atom. The zero-order valence-corrected chi connectivity index (χ0v) is 19.5. The largest absolute Gasteiger partial charge is 0.595 e. The van der Waals surface area contributed by atoms with Crippen molar-refractivity contribution in [2.45, 2.75) is 57.3 Å². The molecule has 5 aliphatic rings. The molecule has 33 heavy (non-hydrogen) atoms. The van der Waals surface area contributed by atoms with Crippen molar-refractivity contribution in [1.82, 2.24) is 4.90 Å². The van der Waals surface area contributed by atoms with E-state index in [1.54, 1.807) is 12.1 Å². The average Bonchev–Trinajstić information content (AvgIpc) is 3.49. The number of carbonyl (C=O) groups excluding carboxylic acids is 1. The zero-order valence-electron chi connectivity index (χ0n) is 19.5. The predicted molar refractivity (Wildman–Crippen MR) is 121 cm³/mol. The number of rotatable bonds is 4. The maximum Gasteiger partial charge on any atom is 0.311 e. The number of nitrogens with zero attached hydrogens (tertiary/aromatic N) is 2. The SMILES string of the molecule is C[C@H]1CCC[C@]2(C)C[C@H]3OC(=O)C(CN4CCN(c5ccc([NH+]([O-])O)cc5)CC4)[C@H]3[C@@H]3O[C@@]132. The zero-order chi connectivity index (χ0) is 23.0. The Hall–Kier alpha value is -1.71. The first-order chi connectivity index (χ1) is 15.8. The van der Waals surface area contributed by atoms with Crippen LogP contribution in [0.2, 0.25) is 0 Å². The molecule has 0 aromatic heterocycles. The van der Waals surface area contributed by atoms with Crippen molar-refractivity contribution < 1.29 is 24.7 Å². The standard InChI is InChI=1S/C25H35N3O5/c1-16-4-3-9-24(2)14-20-21(22-25(16,24)33-22)19(23(29)32-20)15-26-10-12-27(13-11-26)17-5-7-18(8-6-17)28(30)31/h5-8,16,19-22,28,30H,3-4,9-15H2,1-2H3/t16-,19?,20+,21+,22-,24+,25-/m0/s1. The number of epoxide rings is 1. The molecule has 5 fully saturated rings. The van der Waals surface area contributed by atoms with Crippen LogP contribution >= 0.6 is 0 Å². The first-order valence-corrected chi connectivity index (χ1v) is 12.5. The van der Waals surface area contributed by atoms with Crippen LogP contribution < -0.4 is 10.1 Å². The Morgan fingerprint density at radius 1 is 1.21 bits per heavy atom. The highest BCUT2D eigenvalue weighted by Gasteiger charge is 2.78. The molecule has 0 amide bonds. The van der Waals surface area contributed by atoms with Crippen LogP contribution in [-0.2, 0) is 14.3 Å². The summed E-state index contributed by atoms with van der Waals surface area (Å²) < 4.78 is 12.5. The maximum atomic E-state index is 13.0. The summed E-state index contributed by atoms with van der Waals surface area (Å²) in [6.45, 7) is 8.93. The number of carbonyl (C=O) groups is 1. The second kappa shape index (κ2) is 7.65. The molecule has 0 radical (unpaired) electrons. The minimum atomic E-state index is -0.903. The molecule has 180 valence electrons. The van der Waals surface area contributed by atoms with Crippen LogP contribution in [0.3, 0.4) is 0 Å². The van der Waals surface area contributed by atoms with Gasteiger partial charge in [-0.3, -0.25) is 9.69 Å². The van der Waals surface area contributed by atoms with Gasteiger partial charge in [0.1, 0.15) is 11.7 Å². The Morgan fingerprint density at radius 3 is 2.64 bits per heavy atom. The molecule has 3 heterocycles. The number of ether oxygens (including phenoxy) is 2. The van der Waals surface area contributed by atoms with Crippen LogP contribution in [0.5, 0.6) is 0 Å². The van der Waals surface area contributed by atoms with E-state index >= 15 is 0 Å². The number of anilines is 1. The highest BCUT2D eigenvalue weighted by Crippen LogP contribution is 2.70. The quantitative estimate of drug-likeness (QED) is 0.404. The molecule has 2 N–H and O–H groups in total. The van der Waals surface area contributed by atoms with Gasteiger partial charge in [0.15, 0.2) is 5.69 Å².